The molecule has 0 saturated carbocycles. The highest BCUT2D eigenvalue weighted by atomic mass is 32.2. The van der Waals surface area contributed by atoms with E-state index in [4.69, 9.17) is 5.73 Å². The molecule has 0 radical (unpaired) electrons. The minimum absolute atomic E-state index is 0.00331. The molecule has 84 valence electrons. The Morgan fingerprint density at radius 3 is 2.53 bits per heavy atom. The second kappa shape index (κ2) is 4.61. The first-order valence-corrected chi connectivity index (χ1v) is 6.30. The van der Waals surface area contributed by atoms with E-state index in [-0.39, 0.29) is 22.8 Å². The van der Waals surface area contributed by atoms with Gasteiger partial charge in [0, 0.05) is 0 Å². The van der Waals surface area contributed by atoms with E-state index in [1.165, 1.54) is 19.1 Å². The Hall–Kier alpha value is -1.10. The molecule has 0 saturated heterocycles. The van der Waals surface area contributed by atoms with Gasteiger partial charge in [-0.2, -0.15) is 0 Å². The van der Waals surface area contributed by atoms with Crippen LogP contribution in [0.5, 0.6) is 0 Å². The molecular weight excluding hydrogens is 217 g/mol. The molecule has 0 aliphatic heterocycles. The third-order valence-electron chi connectivity index (χ3n) is 2.04. The van der Waals surface area contributed by atoms with Gasteiger partial charge in [0.25, 0.3) is 0 Å². The molecule has 3 nitrogen and oxygen atoms in total. The Labute approximate surface area is 89.0 Å². The fourth-order valence-electron chi connectivity index (χ4n) is 1.19. The van der Waals surface area contributed by atoms with E-state index < -0.39 is 16.0 Å². The lowest BCUT2D eigenvalue weighted by molar-refractivity contribution is 0.352. The Morgan fingerprint density at radius 1 is 1.40 bits per heavy atom. The maximum atomic E-state index is 12.6. The number of para-hydroxylation sites is 1. The fraction of sp³-hybridized carbons (Fsp3) is 0.400. The van der Waals surface area contributed by atoms with Crippen LogP contribution in [0, 0.1) is 0 Å². The van der Waals surface area contributed by atoms with Crippen molar-refractivity contribution in [3.8, 4) is 0 Å². The lowest BCUT2D eigenvalue weighted by atomic mass is 10.3. The molecule has 1 aromatic carbocycles. The number of benzene rings is 1. The van der Waals surface area contributed by atoms with Crippen molar-refractivity contribution in [3.05, 3.63) is 24.3 Å². The van der Waals surface area contributed by atoms with Gasteiger partial charge in [0.05, 0.1) is 22.5 Å². The van der Waals surface area contributed by atoms with Gasteiger partial charge in [-0.1, -0.05) is 12.1 Å². The van der Waals surface area contributed by atoms with E-state index in [0.29, 0.717) is 0 Å². The van der Waals surface area contributed by atoms with Gasteiger partial charge in [0.15, 0.2) is 9.84 Å². The van der Waals surface area contributed by atoms with E-state index in [9.17, 15) is 12.8 Å². The summed E-state index contributed by atoms with van der Waals surface area (Å²) in [5.74, 6) is -0.209. The van der Waals surface area contributed by atoms with Crippen molar-refractivity contribution in [2.24, 2.45) is 0 Å². The number of alkyl halides is 1. The smallest absolute Gasteiger partial charge is 0.180 e. The summed E-state index contributed by atoms with van der Waals surface area (Å²) < 4.78 is 36.0. The summed E-state index contributed by atoms with van der Waals surface area (Å²) in [6.07, 6.45) is -1.12. The van der Waals surface area contributed by atoms with Gasteiger partial charge in [-0.05, 0) is 25.5 Å². The number of nitrogens with two attached hydrogens (primary N) is 1. The molecule has 2 N–H and O–H groups in total. The van der Waals surface area contributed by atoms with Crippen LogP contribution in [0.1, 0.15) is 13.3 Å². The van der Waals surface area contributed by atoms with Crippen molar-refractivity contribution >= 4 is 15.5 Å². The van der Waals surface area contributed by atoms with Crippen LogP contribution in [0.4, 0.5) is 10.1 Å². The second-order valence-electron chi connectivity index (χ2n) is 3.43. The van der Waals surface area contributed by atoms with Crippen LogP contribution >= 0.6 is 0 Å². The van der Waals surface area contributed by atoms with Crippen molar-refractivity contribution < 1.29 is 12.8 Å². The average Bonchev–Trinajstić information content (AvgIpc) is 2.15. The summed E-state index contributed by atoms with van der Waals surface area (Å²) in [4.78, 5) is 0.0886. The summed E-state index contributed by atoms with van der Waals surface area (Å²) >= 11 is 0. The Morgan fingerprint density at radius 2 is 2.00 bits per heavy atom. The van der Waals surface area contributed by atoms with Crippen LogP contribution in [0.15, 0.2) is 29.2 Å². The Balaban J connectivity index is 2.92. The lowest BCUT2D eigenvalue weighted by Crippen LogP contribution is -2.12. The van der Waals surface area contributed by atoms with Crippen LogP contribution in [0.2, 0.25) is 0 Å². The topological polar surface area (TPSA) is 60.2 Å². The van der Waals surface area contributed by atoms with Crippen molar-refractivity contribution in [1.82, 2.24) is 0 Å². The number of nitrogen functional groups attached to an aromatic ring is 1. The molecule has 0 amide bonds. The van der Waals surface area contributed by atoms with Gasteiger partial charge in [-0.15, -0.1) is 0 Å². The number of sulfone groups is 1. The van der Waals surface area contributed by atoms with Crippen molar-refractivity contribution in [2.75, 3.05) is 11.5 Å². The predicted octanol–water partition coefficient (Wildman–Crippen LogP) is 1.79. The van der Waals surface area contributed by atoms with E-state index in [0.717, 1.165) is 0 Å². The number of anilines is 1. The van der Waals surface area contributed by atoms with Crippen LogP contribution < -0.4 is 5.73 Å². The highest BCUT2D eigenvalue weighted by Gasteiger charge is 2.17. The first-order chi connectivity index (χ1) is 6.93. The third kappa shape index (κ3) is 3.20. The monoisotopic (exact) mass is 231 g/mol. The maximum absolute atomic E-state index is 12.6. The normalized spacial score (nSPS) is 13.7. The molecule has 0 heterocycles. The van der Waals surface area contributed by atoms with Gasteiger partial charge in [-0.3, -0.25) is 0 Å². The molecule has 0 fully saturated rings. The predicted molar refractivity (Wildman–Crippen MR) is 58.1 cm³/mol. The number of hydrogen-bond donors (Lipinski definition) is 1. The number of hydrogen-bond acceptors (Lipinski definition) is 3. The van der Waals surface area contributed by atoms with Crippen LogP contribution in [0.25, 0.3) is 0 Å². The lowest BCUT2D eigenvalue weighted by Gasteiger charge is -2.07. The van der Waals surface area contributed by atoms with Crippen molar-refractivity contribution in [2.45, 2.75) is 24.4 Å². The summed E-state index contributed by atoms with van der Waals surface area (Å²) in [5, 5.41) is 0. The summed E-state index contributed by atoms with van der Waals surface area (Å²) in [6.45, 7) is 1.34. The minimum atomic E-state index is -3.45. The highest BCUT2D eigenvalue weighted by molar-refractivity contribution is 7.91. The van der Waals surface area contributed by atoms with E-state index in [1.54, 1.807) is 12.1 Å². The van der Waals surface area contributed by atoms with Crippen LogP contribution in [0.3, 0.4) is 0 Å². The van der Waals surface area contributed by atoms with Crippen LogP contribution in [-0.2, 0) is 9.84 Å². The van der Waals surface area contributed by atoms with Crippen molar-refractivity contribution in [3.63, 3.8) is 0 Å². The molecule has 1 aromatic rings. The van der Waals surface area contributed by atoms with Gasteiger partial charge in [0.2, 0.25) is 0 Å². The molecule has 5 heteroatoms. The number of rotatable bonds is 4. The standard InChI is InChI=1S/C10H14FNO2S/c1-8(11)6-7-15(13,14)10-5-3-2-4-9(10)12/h2-5,8H,6-7,12H2,1H3. The van der Waals surface area contributed by atoms with Gasteiger partial charge in [-0.25, -0.2) is 12.8 Å². The Kier molecular flexibility index (Phi) is 3.68. The molecule has 15 heavy (non-hydrogen) atoms. The zero-order valence-electron chi connectivity index (χ0n) is 8.48. The molecular formula is C10H14FNO2S. The molecule has 0 aliphatic rings. The van der Waals surface area contributed by atoms with Gasteiger partial charge in [0.1, 0.15) is 0 Å². The SMILES string of the molecule is CC(F)CCS(=O)(=O)c1ccccc1N. The quantitative estimate of drug-likeness (QED) is 0.804. The number of halogens is 1. The van der Waals surface area contributed by atoms with E-state index >= 15 is 0 Å². The summed E-state index contributed by atoms with van der Waals surface area (Å²) in [7, 11) is -3.45. The first kappa shape index (κ1) is 12.0. The minimum Gasteiger partial charge on any atom is -0.398 e. The molecule has 0 aromatic heterocycles. The average molecular weight is 231 g/mol. The summed E-state index contributed by atoms with van der Waals surface area (Å²) in [6, 6.07) is 6.22. The first-order valence-electron chi connectivity index (χ1n) is 4.65. The molecule has 1 rings (SSSR count). The summed E-state index contributed by atoms with van der Waals surface area (Å²) in [5.41, 5.74) is 5.75. The second-order valence-corrected chi connectivity index (χ2v) is 5.50. The zero-order chi connectivity index (χ0) is 11.5. The van der Waals surface area contributed by atoms with Crippen molar-refractivity contribution in [1.29, 1.82) is 0 Å². The van der Waals surface area contributed by atoms with Gasteiger partial charge < -0.3 is 5.73 Å². The zero-order valence-corrected chi connectivity index (χ0v) is 9.30. The molecule has 0 spiro atoms. The van der Waals surface area contributed by atoms with Gasteiger partial charge >= 0.3 is 0 Å². The third-order valence-corrected chi connectivity index (χ3v) is 3.85. The fourth-order valence-corrected chi connectivity index (χ4v) is 2.76. The highest BCUT2D eigenvalue weighted by Crippen LogP contribution is 2.19. The largest absolute Gasteiger partial charge is 0.398 e. The van der Waals surface area contributed by atoms with E-state index in [2.05, 4.69) is 0 Å². The van der Waals surface area contributed by atoms with Crippen LogP contribution in [-0.4, -0.2) is 20.3 Å². The molecule has 0 bridgehead atoms. The van der Waals surface area contributed by atoms with E-state index in [1.807, 2.05) is 0 Å². The Bertz CT molecular complexity index is 429. The molecule has 1 atom stereocenters. The maximum Gasteiger partial charge on any atom is 0.180 e. The molecule has 1 unspecified atom stereocenters. The molecule has 0 aliphatic carbocycles.